The Labute approximate surface area is 109 Å². The van der Waals surface area contributed by atoms with Crippen molar-refractivity contribution in [3.05, 3.63) is 41.7 Å². The molecule has 0 bridgehead atoms. The molecule has 2 amide bonds. The van der Waals surface area contributed by atoms with Gasteiger partial charge in [0.15, 0.2) is 5.82 Å². The smallest absolute Gasteiger partial charge is 0.320 e. The monoisotopic (exact) mass is 263 g/mol. The summed E-state index contributed by atoms with van der Waals surface area (Å²) >= 11 is 0. The number of para-hydroxylation sites is 1. The topological polar surface area (TPSA) is 73.9 Å². The normalized spacial score (nSPS) is 10.3. The Hall–Kier alpha value is -2.44. The third-order valence-electron chi connectivity index (χ3n) is 2.48. The van der Waals surface area contributed by atoms with E-state index in [-0.39, 0.29) is 12.2 Å². The summed E-state index contributed by atoms with van der Waals surface area (Å²) in [5.74, 6) is 0.708. The molecule has 0 aliphatic carbocycles. The highest BCUT2D eigenvalue weighted by Crippen LogP contribution is 2.13. The Morgan fingerprint density at radius 1 is 1.47 bits per heavy atom. The Morgan fingerprint density at radius 3 is 2.84 bits per heavy atom. The molecule has 0 spiro atoms. The zero-order valence-electron chi connectivity index (χ0n) is 10.6. The number of aromatic nitrogens is 3. The van der Waals surface area contributed by atoms with Gasteiger partial charge in [-0.15, -0.1) is 0 Å². The van der Waals surface area contributed by atoms with Gasteiger partial charge in [-0.3, -0.25) is 5.10 Å². The number of amides is 2. The van der Waals surface area contributed by atoms with Crippen LogP contribution in [0.5, 0.6) is 0 Å². The maximum atomic E-state index is 13.4. The molecule has 7 heteroatoms. The fourth-order valence-electron chi connectivity index (χ4n) is 1.52. The minimum atomic E-state index is -0.474. The van der Waals surface area contributed by atoms with Gasteiger partial charge in [0.05, 0.1) is 12.2 Å². The Kier molecular flexibility index (Phi) is 3.74. The largest absolute Gasteiger partial charge is 0.322 e. The van der Waals surface area contributed by atoms with Crippen molar-refractivity contribution >= 4 is 11.7 Å². The molecular formula is C12H14FN5O. The molecule has 1 aromatic heterocycles. The number of benzene rings is 1. The minimum absolute atomic E-state index is 0.144. The fraction of sp³-hybridized carbons (Fsp3) is 0.250. The number of rotatable bonds is 3. The van der Waals surface area contributed by atoms with Gasteiger partial charge in [-0.25, -0.2) is 14.2 Å². The van der Waals surface area contributed by atoms with E-state index in [0.717, 1.165) is 0 Å². The van der Waals surface area contributed by atoms with Crippen LogP contribution in [0.1, 0.15) is 11.6 Å². The number of hydrogen-bond acceptors (Lipinski definition) is 3. The standard InChI is InChI=1S/C12H14FN5O/c1-8-14-11(17-16-8)7-18(2)12(19)15-10-6-4-3-5-9(10)13/h3-6H,7H2,1-2H3,(H,15,19)(H,14,16,17). The molecule has 0 aliphatic heterocycles. The molecule has 1 heterocycles. The van der Waals surface area contributed by atoms with Crippen LogP contribution in [-0.4, -0.2) is 33.2 Å². The predicted molar refractivity (Wildman–Crippen MR) is 68.0 cm³/mol. The molecule has 100 valence electrons. The number of halogens is 1. The number of aromatic amines is 1. The lowest BCUT2D eigenvalue weighted by Gasteiger charge is -2.16. The molecule has 0 unspecified atom stereocenters. The van der Waals surface area contributed by atoms with Gasteiger partial charge in [0, 0.05) is 7.05 Å². The second kappa shape index (κ2) is 5.47. The highest BCUT2D eigenvalue weighted by Gasteiger charge is 2.13. The summed E-state index contributed by atoms with van der Waals surface area (Å²) in [7, 11) is 1.59. The maximum absolute atomic E-state index is 13.4. The molecule has 0 radical (unpaired) electrons. The second-order valence-electron chi connectivity index (χ2n) is 4.10. The zero-order valence-corrected chi connectivity index (χ0v) is 10.6. The summed E-state index contributed by atoms with van der Waals surface area (Å²) in [5, 5.41) is 9.11. The first-order valence-corrected chi connectivity index (χ1v) is 5.71. The molecule has 1 aromatic carbocycles. The van der Waals surface area contributed by atoms with E-state index in [1.165, 1.54) is 17.0 Å². The molecule has 0 fully saturated rings. The molecule has 0 aliphatic rings. The van der Waals surface area contributed by atoms with Crippen molar-refractivity contribution in [1.82, 2.24) is 20.1 Å². The predicted octanol–water partition coefficient (Wildman–Crippen LogP) is 1.92. The van der Waals surface area contributed by atoms with Crippen LogP contribution in [0, 0.1) is 12.7 Å². The number of H-pyrrole nitrogens is 1. The van der Waals surface area contributed by atoms with Crippen LogP contribution in [0.3, 0.4) is 0 Å². The van der Waals surface area contributed by atoms with Crippen LogP contribution in [0.4, 0.5) is 14.9 Å². The lowest BCUT2D eigenvalue weighted by atomic mass is 10.3. The van der Waals surface area contributed by atoms with Gasteiger partial charge in [0.1, 0.15) is 11.6 Å². The summed E-state index contributed by atoms with van der Waals surface area (Å²) in [5.41, 5.74) is 0.144. The Bertz CT molecular complexity index is 583. The maximum Gasteiger partial charge on any atom is 0.322 e. The molecule has 2 rings (SSSR count). The van der Waals surface area contributed by atoms with Crippen LogP contribution >= 0.6 is 0 Å². The molecule has 6 nitrogen and oxygen atoms in total. The molecule has 0 saturated carbocycles. The fourth-order valence-corrected chi connectivity index (χ4v) is 1.52. The summed E-state index contributed by atoms with van der Waals surface area (Å²) in [6.45, 7) is 2.01. The lowest BCUT2D eigenvalue weighted by molar-refractivity contribution is 0.219. The molecule has 0 atom stereocenters. The average molecular weight is 263 g/mol. The van der Waals surface area contributed by atoms with Gasteiger partial charge in [0.2, 0.25) is 0 Å². The zero-order chi connectivity index (χ0) is 13.8. The molecule has 0 saturated heterocycles. The van der Waals surface area contributed by atoms with Crippen molar-refractivity contribution in [1.29, 1.82) is 0 Å². The number of aryl methyl sites for hydroxylation is 1. The lowest BCUT2D eigenvalue weighted by Crippen LogP contribution is -2.31. The number of urea groups is 1. The van der Waals surface area contributed by atoms with Crippen LogP contribution in [-0.2, 0) is 6.54 Å². The van der Waals surface area contributed by atoms with Crippen molar-refractivity contribution < 1.29 is 9.18 Å². The number of hydrogen-bond donors (Lipinski definition) is 2. The van der Waals surface area contributed by atoms with E-state index < -0.39 is 11.8 Å². The van der Waals surface area contributed by atoms with E-state index in [4.69, 9.17) is 0 Å². The highest BCUT2D eigenvalue weighted by molar-refractivity contribution is 5.89. The Morgan fingerprint density at radius 2 is 2.21 bits per heavy atom. The van der Waals surface area contributed by atoms with Crippen LogP contribution < -0.4 is 5.32 Å². The van der Waals surface area contributed by atoms with Gasteiger partial charge in [-0.1, -0.05) is 12.1 Å². The summed E-state index contributed by atoms with van der Waals surface area (Å²) in [4.78, 5) is 17.3. The van der Waals surface area contributed by atoms with Crippen molar-refractivity contribution in [2.45, 2.75) is 13.5 Å². The number of nitrogens with zero attached hydrogens (tertiary/aromatic N) is 3. The number of carbonyl (C=O) groups excluding carboxylic acids is 1. The highest BCUT2D eigenvalue weighted by atomic mass is 19.1. The van der Waals surface area contributed by atoms with E-state index in [1.54, 1.807) is 26.1 Å². The first-order valence-electron chi connectivity index (χ1n) is 5.71. The molecular weight excluding hydrogens is 249 g/mol. The van der Waals surface area contributed by atoms with Gasteiger partial charge >= 0.3 is 6.03 Å². The summed E-state index contributed by atoms with van der Waals surface area (Å²) in [6.07, 6.45) is 0. The van der Waals surface area contributed by atoms with Gasteiger partial charge in [-0.2, -0.15) is 5.10 Å². The molecule has 19 heavy (non-hydrogen) atoms. The van der Waals surface area contributed by atoms with Crippen LogP contribution in [0.25, 0.3) is 0 Å². The second-order valence-corrected chi connectivity index (χ2v) is 4.10. The summed E-state index contributed by atoms with van der Waals surface area (Å²) < 4.78 is 13.4. The van der Waals surface area contributed by atoms with E-state index in [1.807, 2.05) is 0 Å². The summed E-state index contributed by atoms with van der Waals surface area (Å²) in [6, 6.07) is 5.57. The molecule has 2 N–H and O–H groups in total. The van der Waals surface area contributed by atoms with Crippen LogP contribution in [0.2, 0.25) is 0 Å². The van der Waals surface area contributed by atoms with E-state index in [9.17, 15) is 9.18 Å². The van der Waals surface area contributed by atoms with Gasteiger partial charge in [-0.05, 0) is 19.1 Å². The number of anilines is 1. The van der Waals surface area contributed by atoms with Crippen LogP contribution in [0.15, 0.2) is 24.3 Å². The van der Waals surface area contributed by atoms with Crippen molar-refractivity contribution in [2.24, 2.45) is 0 Å². The third-order valence-corrected chi connectivity index (χ3v) is 2.48. The number of nitrogens with one attached hydrogen (secondary N) is 2. The van der Waals surface area contributed by atoms with Crippen molar-refractivity contribution in [3.63, 3.8) is 0 Å². The van der Waals surface area contributed by atoms with Gasteiger partial charge in [0.25, 0.3) is 0 Å². The molecule has 2 aromatic rings. The Balaban J connectivity index is 1.98. The quantitative estimate of drug-likeness (QED) is 0.888. The third kappa shape index (κ3) is 3.27. The first kappa shape index (κ1) is 13.0. The minimum Gasteiger partial charge on any atom is -0.320 e. The first-order chi connectivity index (χ1) is 9.06. The van der Waals surface area contributed by atoms with Gasteiger partial charge < -0.3 is 10.2 Å². The van der Waals surface area contributed by atoms with E-state index in [0.29, 0.717) is 11.6 Å². The van der Waals surface area contributed by atoms with Crippen molar-refractivity contribution in [3.8, 4) is 0 Å². The van der Waals surface area contributed by atoms with Crippen molar-refractivity contribution in [2.75, 3.05) is 12.4 Å². The van der Waals surface area contributed by atoms with E-state index in [2.05, 4.69) is 20.5 Å². The van der Waals surface area contributed by atoms with E-state index >= 15 is 0 Å². The number of carbonyl (C=O) groups is 1. The SMILES string of the molecule is Cc1nc(CN(C)C(=O)Nc2ccccc2F)n[nH]1. The average Bonchev–Trinajstić information content (AvgIpc) is 2.77.